The van der Waals surface area contributed by atoms with E-state index >= 15 is 0 Å². The van der Waals surface area contributed by atoms with Crippen LogP contribution >= 0.6 is 0 Å². The maximum atomic E-state index is 13.4. The molecule has 0 spiro atoms. The first-order valence-electron chi connectivity index (χ1n) is 7.03. The summed E-state index contributed by atoms with van der Waals surface area (Å²) in [5.74, 6) is -0.556. The molecule has 0 fully saturated rings. The van der Waals surface area contributed by atoms with Crippen molar-refractivity contribution < 1.29 is 12.8 Å². The minimum atomic E-state index is -3.72. The molecule has 21 heavy (non-hydrogen) atoms. The zero-order valence-corrected chi connectivity index (χ0v) is 14.1. The molecule has 2 N–H and O–H groups in total. The number of sulfonamides is 1. The van der Waals surface area contributed by atoms with Crippen LogP contribution in [-0.4, -0.2) is 21.0 Å². The molecule has 0 aliphatic heterocycles. The Labute approximate surface area is 127 Å². The minimum Gasteiger partial charge on any atom is -0.310 e. The highest BCUT2D eigenvalue weighted by Gasteiger charge is 2.22. The topological polar surface area (TPSA) is 58.2 Å². The Morgan fingerprint density at radius 3 is 2.38 bits per heavy atom. The highest BCUT2D eigenvalue weighted by atomic mass is 32.2. The second-order valence-corrected chi connectivity index (χ2v) is 8.41. The van der Waals surface area contributed by atoms with Gasteiger partial charge in [-0.15, -0.1) is 0 Å². The number of nitrogens with one attached hydrogen (secondary N) is 2. The fourth-order valence-electron chi connectivity index (χ4n) is 1.63. The van der Waals surface area contributed by atoms with E-state index in [9.17, 15) is 12.8 Å². The van der Waals surface area contributed by atoms with Crippen molar-refractivity contribution in [1.82, 2.24) is 10.0 Å². The first-order valence-corrected chi connectivity index (χ1v) is 8.51. The molecule has 0 aliphatic carbocycles. The first kappa shape index (κ1) is 18.1. The molecule has 4 nitrogen and oxygen atoms in total. The third-order valence-electron chi connectivity index (χ3n) is 2.81. The van der Waals surface area contributed by atoms with Gasteiger partial charge >= 0.3 is 0 Å². The molecular formula is C15H25FN2O2S. The Morgan fingerprint density at radius 2 is 1.86 bits per heavy atom. The van der Waals surface area contributed by atoms with Crippen LogP contribution in [0.15, 0.2) is 23.1 Å². The summed E-state index contributed by atoms with van der Waals surface area (Å²) in [5.41, 5.74) is 0.378. The van der Waals surface area contributed by atoms with Gasteiger partial charge in [0.25, 0.3) is 0 Å². The van der Waals surface area contributed by atoms with E-state index in [0.717, 1.165) is 6.07 Å². The number of benzene rings is 1. The lowest BCUT2D eigenvalue weighted by Gasteiger charge is -2.20. The van der Waals surface area contributed by atoms with Gasteiger partial charge in [-0.25, -0.2) is 17.5 Å². The van der Waals surface area contributed by atoms with Gasteiger partial charge in [0.1, 0.15) is 5.82 Å². The normalized spacial score (nSPS) is 12.9. The van der Waals surface area contributed by atoms with Crippen LogP contribution in [0.1, 0.15) is 40.2 Å². The summed E-state index contributed by atoms with van der Waals surface area (Å²) in [7, 11) is -3.72. The molecule has 1 rings (SSSR count). The maximum absolute atomic E-state index is 13.4. The van der Waals surface area contributed by atoms with E-state index in [-0.39, 0.29) is 16.4 Å². The fraction of sp³-hybridized carbons (Fsp3) is 0.600. The molecule has 0 aliphatic rings. The molecule has 6 heteroatoms. The molecule has 0 heterocycles. The highest BCUT2D eigenvalue weighted by molar-refractivity contribution is 7.89. The van der Waals surface area contributed by atoms with Gasteiger partial charge in [-0.05, 0) is 23.1 Å². The molecule has 1 aromatic carbocycles. The monoisotopic (exact) mass is 316 g/mol. The van der Waals surface area contributed by atoms with E-state index in [1.54, 1.807) is 0 Å². The average molecular weight is 316 g/mol. The van der Waals surface area contributed by atoms with Crippen molar-refractivity contribution in [3.05, 3.63) is 29.6 Å². The van der Waals surface area contributed by atoms with Gasteiger partial charge in [0.15, 0.2) is 0 Å². The molecule has 0 atom stereocenters. The lowest BCUT2D eigenvalue weighted by molar-refractivity contribution is 0.407. The molecule has 1 aromatic rings. The predicted octanol–water partition coefficient (Wildman–Crippen LogP) is 2.65. The number of hydrogen-bond acceptors (Lipinski definition) is 3. The number of hydrogen-bond donors (Lipinski definition) is 2. The summed E-state index contributed by atoms with van der Waals surface area (Å²) in [6, 6.07) is 4.08. The fourth-order valence-corrected chi connectivity index (χ4v) is 3.16. The van der Waals surface area contributed by atoms with Crippen LogP contribution in [-0.2, 0) is 16.6 Å². The van der Waals surface area contributed by atoms with Gasteiger partial charge in [-0.2, -0.15) is 0 Å². The van der Waals surface area contributed by atoms with Gasteiger partial charge in [0.2, 0.25) is 10.0 Å². The molecule has 0 saturated heterocycles. The second kappa shape index (κ2) is 6.85. The van der Waals surface area contributed by atoms with Crippen LogP contribution in [0.5, 0.6) is 0 Å². The molecule has 0 radical (unpaired) electrons. The molecule has 0 bridgehead atoms. The lowest BCUT2D eigenvalue weighted by atomic mass is 9.98. The van der Waals surface area contributed by atoms with Crippen LogP contribution in [0.4, 0.5) is 4.39 Å². The summed E-state index contributed by atoms with van der Waals surface area (Å²) in [6.45, 7) is 10.4. The summed E-state index contributed by atoms with van der Waals surface area (Å²) >= 11 is 0. The predicted molar refractivity (Wildman–Crippen MR) is 83.0 cm³/mol. The first-order chi connectivity index (χ1) is 9.51. The van der Waals surface area contributed by atoms with Crippen LogP contribution < -0.4 is 10.0 Å². The minimum absolute atomic E-state index is 0.0000926. The average Bonchev–Trinajstić information content (AvgIpc) is 2.34. The summed E-state index contributed by atoms with van der Waals surface area (Å²) < 4.78 is 40.8. The summed E-state index contributed by atoms with van der Waals surface area (Å²) in [4.78, 5) is -0.0000926. The molecule has 0 amide bonds. The van der Waals surface area contributed by atoms with Gasteiger partial charge in [0, 0.05) is 19.1 Å². The van der Waals surface area contributed by atoms with Crippen LogP contribution in [0.2, 0.25) is 0 Å². The summed E-state index contributed by atoms with van der Waals surface area (Å²) in [6.07, 6.45) is 0. The largest absolute Gasteiger partial charge is 0.310 e. The van der Waals surface area contributed by atoms with E-state index in [2.05, 4.69) is 10.0 Å². The molecule has 120 valence electrons. The molecule has 0 saturated carbocycles. The second-order valence-electron chi connectivity index (χ2n) is 6.67. The van der Waals surface area contributed by atoms with E-state index in [1.807, 2.05) is 34.6 Å². The van der Waals surface area contributed by atoms with Crippen molar-refractivity contribution in [3.8, 4) is 0 Å². The molecule has 0 unspecified atom stereocenters. The van der Waals surface area contributed by atoms with Crippen molar-refractivity contribution in [2.75, 3.05) is 6.54 Å². The van der Waals surface area contributed by atoms with E-state index in [4.69, 9.17) is 0 Å². The quantitative estimate of drug-likeness (QED) is 0.848. The highest BCUT2D eigenvalue weighted by Crippen LogP contribution is 2.19. The molecular weight excluding hydrogens is 291 g/mol. The molecule has 0 aromatic heterocycles. The van der Waals surface area contributed by atoms with Crippen LogP contribution in [0.25, 0.3) is 0 Å². The van der Waals surface area contributed by atoms with Gasteiger partial charge in [-0.1, -0.05) is 40.7 Å². The van der Waals surface area contributed by atoms with Crippen molar-refractivity contribution in [1.29, 1.82) is 0 Å². The van der Waals surface area contributed by atoms with Gasteiger partial charge in [0.05, 0.1) is 4.90 Å². The van der Waals surface area contributed by atoms with E-state index < -0.39 is 15.8 Å². The Bertz CT molecular complexity index is 578. The van der Waals surface area contributed by atoms with Crippen molar-refractivity contribution in [2.45, 2.75) is 52.1 Å². The Morgan fingerprint density at radius 1 is 1.24 bits per heavy atom. The van der Waals surface area contributed by atoms with Crippen LogP contribution in [0, 0.1) is 11.2 Å². The zero-order valence-electron chi connectivity index (χ0n) is 13.3. The number of halogens is 1. The van der Waals surface area contributed by atoms with Crippen molar-refractivity contribution >= 4 is 10.0 Å². The number of rotatable bonds is 6. The maximum Gasteiger partial charge on any atom is 0.241 e. The van der Waals surface area contributed by atoms with Crippen molar-refractivity contribution in [3.63, 3.8) is 0 Å². The zero-order chi connectivity index (χ0) is 16.3. The van der Waals surface area contributed by atoms with Gasteiger partial charge < -0.3 is 5.32 Å². The Kier molecular flexibility index (Phi) is 5.90. The lowest BCUT2D eigenvalue weighted by Crippen LogP contribution is -2.33. The standard InChI is InChI=1S/C15H25FN2O2S/c1-11(2)17-9-12-6-7-13(16)8-14(12)21(19,20)18-10-15(3,4)5/h6-8,11,17-18H,9-10H2,1-5H3. The van der Waals surface area contributed by atoms with Gasteiger partial charge in [-0.3, -0.25) is 0 Å². The van der Waals surface area contributed by atoms with E-state index in [1.165, 1.54) is 12.1 Å². The third-order valence-corrected chi connectivity index (χ3v) is 4.30. The van der Waals surface area contributed by atoms with Crippen molar-refractivity contribution in [2.24, 2.45) is 5.41 Å². The smallest absolute Gasteiger partial charge is 0.241 e. The Balaban J connectivity index is 3.06. The third kappa shape index (κ3) is 6.11. The SMILES string of the molecule is CC(C)NCc1ccc(F)cc1S(=O)(=O)NCC(C)(C)C. The van der Waals surface area contributed by atoms with Crippen LogP contribution in [0.3, 0.4) is 0 Å². The van der Waals surface area contributed by atoms with E-state index in [0.29, 0.717) is 18.7 Å². The Hall–Kier alpha value is -0.980. The summed E-state index contributed by atoms with van der Waals surface area (Å²) in [5, 5.41) is 3.15.